The average molecular weight is 479 g/mol. The number of fused-ring (bicyclic) bond motifs is 1. The van der Waals surface area contributed by atoms with Crippen LogP contribution in [0, 0.1) is 11.3 Å². The molecular formula is C30H30N4O2. The zero-order valence-corrected chi connectivity index (χ0v) is 20.3. The van der Waals surface area contributed by atoms with E-state index in [2.05, 4.69) is 46.2 Å². The second-order valence-corrected chi connectivity index (χ2v) is 9.14. The molecule has 0 unspecified atom stereocenters. The predicted molar refractivity (Wildman–Crippen MR) is 143 cm³/mol. The molecular weight excluding hydrogens is 448 g/mol. The first-order valence-corrected chi connectivity index (χ1v) is 12.5. The van der Waals surface area contributed by atoms with Crippen molar-refractivity contribution in [1.82, 2.24) is 14.5 Å². The summed E-state index contributed by atoms with van der Waals surface area (Å²) in [5, 5.41) is 11.3. The van der Waals surface area contributed by atoms with Gasteiger partial charge in [0, 0.05) is 44.8 Å². The average Bonchev–Trinajstić information content (AvgIpc) is 2.94. The maximum Gasteiger partial charge on any atom is 0.292 e. The number of hydrogen-bond acceptors (Lipinski definition) is 5. The molecule has 1 aliphatic rings. The highest BCUT2D eigenvalue weighted by molar-refractivity contribution is 5.98. The second kappa shape index (κ2) is 11.2. The number of aromatic nitrogens is 1. The van der Waals surface area contributed by atoms with E-state index in [1.54, 1.807) is 6.07 Å². The van der Waals surface area contributed by atoms with Gasteiger partial charge >= 0.3 is 0 Å². The number of hydrogen-bond donors (Lipinski definition) is 0. The van der Waals surface area contributed by atoms with Gasteiger partial charge in [0.2, 0.25) is 0 Å². The monoisotopic (exact) mass is 478 g/mol. The smallest absolute Gasteiger partial charge is 0.292 e. The molecule has 0 saturated carbocycles. The van der Waals surface area contributed by atoms with Crippen LogP contribution in [0.15, 0.2) is 89.7 Å². The van der Waals surface area contributed by atoms with Crippen molar-refractivity contribution in [2.75, 3.05) is 39.3 Å². The van der Waals surface area contributed by atoms with E-state index in [4.69, 9.17) is 4.84 Å². The molecule has 6 nitrogen and oxygen atoms in total. The number of pyridine rings is 1. The zero-order valence-electron chi connectivity index (χ0n) is 20.3. The van der Waals surface area contributed by atoms with E-state index in [9.17, 15) is 10.1 Å². The molecule has 0 atom stereocenters. The number of rotatable bonds is 8. The standard InChI is InChI=1S/C30H30N4O2/c31-22-28-29(25-12-5-2-6-13-25)26-14-7-8-15-27(26)30(35)34(28)36-21-9-16-32-17-19-33(20-18-32)23-24-10-3-1-4-11-24/h1-8,10-15H,9,16-21,23H2. The molecule has 0 N–H and O–H groups in total. The quantitative estimate of drug-likeness (QED) is 0.356. The van der Waals surface area contributed by atoms with Crippen molar-refractivity contribution in [3.63, 3.8) is 0 Å². The van der Waals surface area contributed by atoms with E-state index in [1.807, 2.05) is 48.5 Å². The molecule has 3 aromatic carbocycles. The van der Waals surface area contributed by atoms with Gasteiger partial charge in [-0.25, -0.2) is 0 Å². The molecule has 0 bridgehead atoms. The Bertz CT molecular complexity index is 1400. The Morgan fingerprint density at radius 2 is 1.39 bits per heavy atom. The Morgan fingerprint density at radius 3 is 2.08 bits per heavy atom. The van der Waals surface area contributed by atoms with Crippen molar-refractivity contribution in [3.8, 4) is 17.2 Å². The summed E-state index contributed by atoms with van der Waals surface area (Å²) < 4.78 is 1.20. The molecule has 0 spiro atoms. The third-order valence-corrected chi connectivity index (χ3v) is 6.77. The van der Waals surface area contributed by atoms with Gasteiger partial charge in [0.25, 0.3) is 5.56 Å². The molecule has 1 aliphatic heterocycles. The molecule has 182 valence electrons. The van der Waals surface area contributed by atoms with Gasteiger partial charge in [-0.3, -0.25) is 9.69 Å². The molecule has 36 heavy (non-hydrogen) atoms. The second-order valence-electron chi connectivity index (χ2n) is 9.14. The largest absolute Gasteiger partial charge is 0.409 e. The Balaban J connectivity index is 1.24. The predicted octanol–water partition coefficient (Wildman–Crippen LogP) is 4.18. The van der Waals surface area contributed by atoms with Crippen LogP contribution < -0.4 is 10.4 Å². The Hall–Kier alpha value is -3.92. The van der Waals surface area contributed by atoms with Crippen LogP contribution in [0.4, 0.5) is 0 Å². The number of piperazine rings is 1. The summed E-state index contributed by atoms with van der Waals surface area (Å²) in [5.74, 6) is 0. The number of nitrogens with zero attached hydrogens (tertiary/aromatic N) is 4. The van der Waals surface area contributed by atoms with Crippen molar-refractivity contribution in [1.29, 1.82) is 5.26 Å². The first-order chi connectivity index (χ1) is 17.7. The van der Waals surface area contributed by atoms with Crippen molar-refractivity contribution in [2.45, 2.75) is 13.0 Å². The van der Waals surface area contributed by atoms with Crippen molar-refractivity contribution in [3.05, 3.63) is 107 Å². The molecule has 0 aliphatic carbocycles. The van der Waals surface area contributed by atoms with Gasteiger partial charge in [-0.2, -0.15) is 5.26 Å². The summed E-state index contributed by atoms with van der Waals surface area (Å²) in [6, 6.07) is 29.9. The van der Waals surface area contributed by atoms with Crippen LogP contribution >= 0.6 is 0 Å². The minimum absolute atomic E-state index is 0.236. The fourth-order valence-electron chi connectivity index (χ4n) is 4.91. The number of nitriles is 1. The Labute approximate surface area is 211 Å². The van der Waals surface area contributed by atoms with Crippen LogP contribution in [-0.4, -0.2) is 53.9 Å². The lowest BCUT2D eigenvalue weighted by Crippen LogP contribution is -2.46. The molecule has 2 heterocycles. The topological polar surface area (TPSA) is 61.5 Å². The van der Waals surface area contributed by atoms with E-state index in [0.29, 0.717) is 12.0 Å². The highest BCUT2D eigenvalue weighted by Crippen LogP contribution is 2.29. The minimum atomic E-state index is -0.295. The normalized spacial score (nSPS) is 14.5. The summed E-state index contributed by atoms with van der Waals surface area (Å²) in [7, 11) is 0. The Kier molecular flexibility index (Phi) is 7.41. The fraction of sp³-hybridized carbons (Fsp3) is 0.267. The third-order valence-electron chi connectivity index (χ3n) is 6.77. The first-order valence-electron chi connectivity index (χ1n) is 12.5. The molecule has 0 amide bonds. The van der Waals surface area contributed by atoms with Gasteiger partial charge < -0.3 is 9.74 Å². The van der Waals surface area contributed by atoms with Crippen molar-refractivity contribution < 1.29 is 4.84 Å². The molecule has 4 aromatic rings. The van der Waals surface area contributed by atoms with E-state index in [0.717, 1.165) is 62.2 Å². The van der Waals surface area contributed by atoms with Gasteiger partial charge in [0.1, 0.15) is 12.7 Å². The van der Waals surface area contributed by atoms with Crippen LogP contribution in [-0.2, 0) is 6.54 Å². The Morgan fingerprint density at radius 1 is 0.778 bits per heavy atom. The van der Waals surface area contributed by atoms with Crippen LogP contribution in [0.1, 0.15) is 17.7 Å². The minimum Gasteiger partial charge on any atom is -0.409 e. The molecule has 5 rings (SSSR count). The lowest BCUT2D eigenvalue weighted by atomic mass is 9.97. The molecule has 1 fully saturated rings. The zero-order chi connectivity index (χ0) is 24.7. The van der Waals surface area contributed by atoms with E-state index in [1.165, 1.54) is 10.3 Å². The summed E-state index contributed by atoms with van der Waals surface area (Å²) in [6.45, 7) is 6.37. The molecule has 1 saturated heterocycles. The molecule has 0 radical (unpaired) electrons. The summed E-state index contributed by atoms with van der Waals surface area (Å²) in [5.41, 5.74) is 2.90. The molecule has 1 aromatic heterocycles. The van der Waals surface area contributed by atoms with Crippen LogP contribution in [0.3, 0.4) is 0 Å². The van der Waals surface area contributed by atoms with E-state index >= 15 is 0 Å². The summed E-state index contributed by atoms with van der Waals surface area (Å²) in [4.78, 5) is 24.1. The fourth-order valence-corrected chi connectivity index (χ4v) is 4.91. The highest BCUT2D eigenvalue weighted by atomic mass is 16.7. The van der Waals surface area contributed by atoms with Gasteiger partial charge in [-0.05, 0) is 29.0 Å². The SMILES string of the molecule is N#Cc1c(-c2ccccc2)c2ccccc2c(=O)n1OCCCN1CCN(Cc2ccccc2)CC1. The highest BCUT2D eigenvalue weighted by Gasteiger charge is 2.20. The van der Waals surface area contributed by atoms with Gasteiger partial charge in [-0.1, -0.05) is 78.9 Å². The van der Waals surface area contributed by atoms with Crippen LogP contribution in [0.5, 0.6) is 0 Å². The summed E-state index contributed by atoms with van der Waals surface area (Å²) in [6.07, 6.45) is 0.781. The number of benzene rings is 3. The van der Waals surface area contributed by atoms with Gasteiger partial charge in [0.15, 0.2) is 5.69 Å². The maximum absolute atomic E-state index is 13.2. The van der Waals surface area contributed by atoms with Gasteiger partial charge in [0.05, 0.1) is 5.39 Å². The maximum atomic E-state index is 13.2. The summed E-state index contributed by atoms with van der Waals surface area (Å²) >= 11 is 0. The van der Waals surface area contributed by atoms with Crippen molar-refractivity contribution >= 4 is 10.8 Å². The third kappa shape index (κ3) is 5.18. The first kappa shape index (κ1) is 23.8. The molecule has 6 heteroatoms. The van der Waals surface area contributed by atoms with E-state index < -0.39 is 0 Å². The van der Waals surface area contributed by atoms with Crippen LogP contribution in [0.25, 0.3) is 21.9 Å². The lowest BCUT2D eigenvalue weighted by molar-refractivity contribution is 0.0799. The van der Waals surface area contributed by atoms with E-state index in [-0.39, 0.29) is 11.3 Å². The lowest BCUT2D eigenvalue weighted by Gasteiger charge is -2.34. The van der Waals surface area contributed by atoms with Crippen molar-refractivity contribution in [2.24, 2.45) is 0 Å². The van der Waals surface area contributed by atoms with Crippen LogP contribution in [0.2, 0.25) is 0 Å². The van der Waals surface area contributed by atoms with Gasteiger partial charge in [-0.15, -0.1) is 4.73 Å².